The number of hydrogen-bond donors (Lipinski definition) is 2. The monoisotopic (exact) mass is 438 g/mol. The van der Waals surface area contributed by atoms with Crippen molar-refractivity contribution in [2.24, 2.45) is 5.73 Å². The molecule has 3 aromatic carbocycles. The Kier molecular flexibility index (Phi) is 5.41. The van der Waals surface area contributed by atoms with Gasteiger partial charge in [-0.3, -0.25) is 4.98 Å². The number of nitrogens with zero attached hydrogens (tertiary/aromatic N) is 3. The fraction of sp³-hybridized carbons (Fsp3) is 0.185. The smallest absolute Gasteiger partial charge is 0.141 e. The number of pyridine rings is 1. The van der Waals surface area contributed by atoms with Gasteiger partial charge in [0.05, 0.1) is 16.8 Å². The Morgan fingerprint density at radius 2 is 1.73 bits per heavy atom. The molecule has 0 unspecified atom stereocenters. The lowest BCUT2D eigenvalue weighted by molar-refractivity contribution is 0.475. The van der Waals surface area contributed by atoms with Crippen LogP contribution in [0.2, 0.25) is 0 Å². The molecule has 0 saturated carbocycles. The zero-order chi connectivity index (χ0) is 22.9. The largest absolute Gasteiger partial charge is 0.506 e. The van der Waals surface area contributed by atoms with Crippen LogP contribution in [-0.4, -0.2) is 29.2 Å². The van der Waals surface area contributed by atoms with Crippen LogP contribution in [0.4, 0.5) is 10.1 Å². The average Bonchev–Trinajstić information content (AvgIpc) is 2.84. The number of phenols is 1. The van der Waals surface area contributed by atoms with Crippen LogP contribution in [0.1, 0.15) is 18.4 Å². The molecule has 0 aliphatic carbocycles. The average molecular weight is 439 g/mol. The molecule has 1 fully saturated rings. The van der Waals surface area contributed by atoms with Crippen molar-refractivity contribution in [3.05, 3.63) is 78.2 Å². The van der Waals surface area contributed by atoms with Crippen LogP contribution in [0, 0.1) is 17.1 Å². The second-order valence-electron chi connectivity index (χ2n) is 8.40. The summed E-state index contributed by atoms with van der Waals surface area (Å²) >= 11 is 0. The van der Waals surface area contributed by atoms with Gasteiger partial charge in [-0.25, -0.2) is 4.39 Å². The number of benzene rings is 3. The molecule has 0 amide bonds. The summed E-state index contributed by atoms with van der Waals surface area (Å²) < 4.78 is 13.6. The predicted molar refractivity (Wildman–Crippen MR) is 128 cm³/mol. The first kappa shape index (κ1) is 20.9. The third-order valence-corrected chi connectivity index (χ3v) is 6.32. The number of para-hydroxylation sites is 1. The van der Waals surface area contributed by atoms with Crippen molar-refractivity contribution in [3.8, 4) is 34.1 Å². The van der Waals surface area contributed by atoms with Crippen molar-refractivity contribution in [1.82, 2.24) is 4.98 Å². The molecule has 5 rings (SSSR count). The number of rotatable bonds is 3. The third-order valence-electron chi connectivity index (χ3n) is 6.32. The van der Waals surface area contributed by atoms with Gasteiger partial charge < -0.3 is 15.7 Å². The molecule has 3 N–H and O–H groups in total. The summed E-state index contributed by atoms with van der Waals surface area (Å²) in [5, 5.41) is 20.9. The lowest BCUT2D eigenvalue weighted by Gasteiger charge is -2.34. The molecule has 4 aromatic rings. The van der Waals surface area contributed by atoms with E-state index in [1.807, 2.05) is 30.5 Å². The Balaban J connectivity index is 1.74. The minimum Gasteiger partial charge on any atom is -0.506 e. The maximum atomic E-state index is 13.6. The number of piperidine rings is 1. The molecule has 1 aliphatic heterocycles. The zero-order valence-corrected chi connectivity index (χ0v) is 18.0. The van der Waals surface area contributed by atoms with Crippen LogP contribution in [0.3, 0.4) is 0 Å². The van der Waals surface area contributed by atoms with Gasteiger partial charge in [0.15, 0.2) is 0 Å². The summed E-state index contributed by atoms with van der Waals surface area (Å²) in [4.78, 5) is 7.00. The summed E-state index contributed by atoms with van der Waals surface area (Å²) in [6.45, 7) is 1.63. The molecular formula is C27H23FN4O. The van der Waals surface area contributed by atoms with Crippen molar-refractivity contribution in [1.29, 1.82) is 5.26 Å². The molecule has 1 aromatic heterocycles. The fourth-order valence-electron chi connectivity index (χ4n) is 4.52. The van der Waals surface area contributed by atoms with Crippen LogP contribution in [0.25, 0.3) is 33.2 Å². The SMILES string of the molecule is N#Cc1cccc(-c2ccc3ncc(-c4ccc(F)cc4)c(N4CCC(N)CC4)c3c2)c1O. The first-order valence-corrected chi connectivity index (χ1v) is 11.0. The minimum absolute atomic E-state index is 0.0347. The molecule has 1 aliphatic rings. The van der Waals surface area contributed by atoms with Gasteiger partial charge in [-0.1, -0.05) is 30.3 Å². The first-order chi connectivity index (χ1) is 16.0. The predicted octanol–water partition coefficient (Wildman–Crippen LogP) is 5.21. The highest BCUT2D eigenvalue weighted by Gasteiger charge is 2.22. The minimum atomic E-state index is -0.284. The zero-order valence-electron chi connectivity index (χ0n) is 18.0. The number of nitriles is 1. The molecule has 164 valence electrons. The Labute approximate surface area is 191 Å². The van der Waals surface area contributed by atoms with Crippen LogP contribution >= 0.6 is 0 Å². The second-order valence-corrected chi connectivity index (χ2v) is 8.40. The summed E-state index contributed by atoms with van der Waals surface area (Å²) in [5.41, 5.74) is 11.4. The van der Waals surface area contributed by atoms with Gasteiger partial charge in [-0.15, -0.1) is 0 Å². The van der Waals surface area contributed by atoms with Crippen molar-refractivity contribution >= 4 is 16.6 Å². The van der Waals surface area contributed by atoms with Crippen LogP contribution in [-0.2, 0) is 0 Å². The molecule has 2 heterocycles. The Morgan fingerprint density at radius 1 is 1.00 bits per heavy atom. The summed E-state index contributed by atoms with van der Waals surface area (Å²) in [7, 11) is 0. The number of halogens is 1. The number of phenolic OH excluding ortho intramolecular Hbond substituents is 1. The number of aromatic nitrogens is 1. The second kappa shape index (κ2) is 8.53. The van der Waals surface area contributed by atoms with E-state index in [9.17, 15) is 14.8 Å². The third kappa shape index (κ3) is 3.88. The molecule has 0 atom stereocenters. The molecule has 0 radical (unpaired) electrons. The maximum Gasteiger partial charge on any atom is 0.141 e. The lowest BCUT2D eigenvalue weighted by atomic mass is 9.95. The van der Waals surface area contributed by atoms with E-state index >= 15 is 0 Å². The molecule has 6 heteroatoms. The highest BCUT2D eigenvalue weighted by Crippen LogP contribution is 2.40. The van der Waals surface area contributed by atoms with Crippen molar-refractivity contribution in [2.75, 3.05) is 18.0 Å². The van der Waals surface area contributed by atoms with E-state index in [1.54, 1.807) is 30.3 Å². The van der Waals surface area contributed by atoms with E-state index in [1.165, 1.54) is 12.1 Å². The summed E-state index contributed by atoms with van der Waals surface area (Å²) in [5.74, 6) is -0.319. The van der Waals surface area contributed by atoms with Crippen LogP contribution in [0.5, 0.6) is 5.75 Å². The van der Waals surface area contributed by atoms with E-state index in [0.717, 1.165) is 59.2 Å². The number of hydrogen-bond acceptors (Lipinski definition) is 5. The number of aromatic hydroxyl groups is 1. The fourth-order valence-corrected chi connectivity index (χ4v) is 4.52. The number of anilines is 1. The van der Waals surface area contributed by atoms with E-state index in [0.29, 0.717) is 5.56 Å². The summed E-state index contributed by atoms with van der Waals surface area (Å²) in [6.07, 6.45) is 3.61. The Morgan fingerprint density at radius 3 is 2.45 bits per heavy atom. The van der Waals surface area contributed by atoms with Gasteiger partial charge in [-0.2, -0.15) is 5.26 Å². The van der Waals surface area contributed by atoms with Gasteiger partial charge in [0, 0.05) is 41.8 Å². The molecule has 0 spiro atoms. The van der Waals surface area contributed by atoms with Crippen LogP contribution < -0.4 is 10.6 Å². The van der Waals surface area contributed by atoms with Crippen molar-refractivity contribution in [3.63, 3.8) is 0 Å². The molecule has 0 bridgehead atoms. The number of nitrogens with two attached hydrogens (primary N) is 1. The highest BCUT2D eigenvalue weighted by atomic mass is 19.1. The molecule has 1 saturated heterocycles. The van der Waals surface area contributed by atoms with E-state index in [2.05, 4.69) is 9.88 Å². The standard InChI is InChI=1S/C27H23FN4O/c28-20-7-4-17(5-8-20)24-16-31-25-9-6-18(22-3-1-2-19(15-29)27(22)33)14-23(25)26(24)32-12-10-21(30)11-13-32/h1-9,14,16,21,33H,10-13,30H2. The Bertz CT molecular complexity index is 1370. The lowest BCUT2D eigenvalue weighted by Crippen LogP contribution is -2.40. The molecule has 33 heavy (non-hydrogen) atoms. The van der Waals surface area contributed by atoms with Gasteiger partial charge in [0.1, 0.15) is 17.6 Å². The van der Waals surface area contributed by atoms with E-state index in [4.69, 9.17) is 5.73 Å². The van der Waals surface area contributed by atoms with Crippen LogP contribution in [0.15, 0.2) is 66.9 Å². The first-order valence-electron chi connectivity index (χ1n) is 11.0. The number of fused-ring (bicyclic) bond motifs is 1. The quantitative estimate of drug-likeness (QED) is 0.458. The van der Waals surface area contributed by atoms with E-state index in [-0.39, 0.29) is 23.2 Å². The Hall–Kier alpha value is -3.95. The maximum absolute atomic E-state index is 13.6. The topological polar surface area (TPSA) is 86.2 Å². The van der Waals surface area contributed by atoms with E-state index < -0.39 is 0 Å². The van der Waals surface area contributed by atoms with Gasteiger partial charge in [0.2, 0.25) is 0 Å². The highest BCUT2D eigenvalue weighted by molar-refractivity contribution is 6.02. The van der Waals surface area contributed by atoms with Gasteiger partial charge in [-0.05, 0) is 54.3 Å². The van der Waals surface area contributed by atoms with Crippen molar-refractivity contribution < 1.29 is 9.50 Å². The summed E-state index contributed by atoms with van der Waals surface area (Å²) in [6, 6.07) is 19.7. The van der Waals surface area contributed by atoms with Gasteiger partial charge in [0.25, 0.3) is 0 Å². The molecular weight excluding hydrogens is 415 g/mol. The normalized spacial score (nSPS) is 14.4. The molecule has 5 nitrogen and oxygen atoms in total. The van der Waals surface area contributed by atoms with Crippen molar-refractivity contribution in [2.45, 2.75) is 18.9 Å². The van der Waals surface area contributed by atoms with Gasteiger partial charge >= 0.3 is 0 Å².